The molecule has 10 heteroatoms. The van der Waals surface area contributed by atoms with Gasteiger partial charge in [-0.25, -0.2) is 0 Å². The number of hydrogen-bond acceptors (Lipinski definition) is 7. The zero-order valence-corrected chi connectivity index (χ0v) is 20.3. The summed E-state index contributed by atoms with van der Waals surface area (Å²) >= 11 is 1.77. The highest BCUT2D eigenvalue weighted by Gasteiger charge is 2.28. The minimum absolute atomic E-state index is 0.283. The van der Waals surface area contributed by atoms with Crippen molar-refractivity contribution in [1.82, 2.24) is 19.8 Å². The summed E-state index contributed by atoms with van der Waals surface area (Å²) in [6.07, 6.45) is 4.61. The summed E-state index contributed by atoms with van der Waals surface area (Å²) in [7, 11) is 1.64. The van der Waals surface area contributed by atoms with Crippen LogP contribution >= 0.6 is 11.3 Å². The molecule has 0 atom stereocenters. The van der Waals surface area contributed by atoms with Crippen LogP contribution in [0.25, 0.3) is 33.6 Å². The van der Waals surface area contributed by atoms with E-state index in [-0.39, 0.29) is 6.54 Å². The Balaban J connectivity index is 1.69. The molecule has 0 bridgehead atoms. The lowest BCUT2D eigenvalue weighted by atomic mass is 9.88. The van der Waals surface area contributed by atoms with E-state index in [2.05, 4.69) is 43.3 Å². The molecule has 0 aliphatic carbocycles. The Bertz CT molecular complexity index is 1430. The molecule has 0 N–H and O–H groups in total. The molecule has 1 aromatic carbocycles. The van der Waals surface area contributed by atoms with Gasteiger partial charge in [-0.3, -0.25) is 0 Å². The van der Waals surface area contributed by atoms with E-state index in [1.165, 1.54) is 17.8 Å². The smallest absolute Gasteiger partial charge is 0.189 e. The number of hydrogen-bond donors (Lipinski definition) is 0. The van der Waals surface area contributed by atoms with E-state index < -0.39 is 5.41 Å². The van der Waals surface area contributed by atoms with Gasteiger partial charge in [-0.2, -0.15) is 9.61 Å². The monoisotopic (exact) mass is 474 g/mol. The Morgan fingerprint density at radius 3 is 2.74 bits per heavy atom. The fraction of sp³-hybridized carbons (Fsp3) is 0.375. The first kappa shape index (κ1) is 22.2. The molecular formula is C24H26N8OS. The first-order chi connectivity index (χ1) is 16.5. The van der Waals surface area contributed by atoms with Crippen molar-refractivity contribution in [2.24, 2.45) is 5.11 Å². The summed E-state index contributed by atoms with van der Waals surface area (Å²) in [4.78, 5) is 6.53. The molecule has 4 heterocycles. The minimum Gasteiger partial charge on any atom is -0.496 e. The average Bonchev–Trinajstić information content (AvgIpc) is 3.63. The predicted molar refractivity (Wildman–Crippen MR) is 134 cm³/mol. The van der Waals surface area contributed by atoms with Crippen molar-refractivity contribution >= 4 is 28.1 Å². The summed E-state index contributed by atoms with van der Waals surface area (Å²) < 4.78 is 7.32. The van der Waals surface area contributed by atoms with Crippen molar-refractivity contribution in [3.8, 4) is 17.1 Å². The molecule has 9 nitrogen and oxygen atoms in total. The van der Waals surface area contributed by atoms with Gasteiger partial charge in [0.2, 0.25) is 0 Å². The topological polar surface area (TPSA) is 104 Å². The maximum atomic E-state index is 8.92. The Morgan fingerprint density at radius 2 is 1.97 bits per heavy atom. The van der Waals surface area contributed by atoms with Gasteiger partial charge >= 0.3 is 0 Å². The van der Waals surface area contributed by atoms with Crippen molar-refractivity contribution in [3.05, 3.63) is 62.6 Å². The number of thiophene rings is 1. The van der Waals surface area contributed by atoms with Crippen LogP contribution in [0.2, 0.25) is 0 Å². The van der Waals surface area contributed by atoms with Crippen molar-refractivity contribution in [1.29, 1.82) is 0 Å². The second kappa shape index (κ2) is 8.96. The lowest BCUT2D eigenvalue weighted by Gasteiger charge is -2.19. The van der Waals surface area contributed by atoms with Gasteiger partial charge in [0, 0.05) is 40.1 Å². The normalized spacial score (nSPS) is 14.7. The molecule has 1 fully saturated rings. The van der Waals surface area contributed by atoms with Crippen LogP contribution in [-0.2, 0) is 5.41 Å². The maximum absolute atomic E-state index is 8.92. The van der Waals surface area contributed by atoms with Gasteiger partial charge in [-0.1, -0.05) is 31.1 Å². The van der Waals surface area contributed by atoms with Gasteiger partial charge in [0.1, 0.15) is 5.75 Å². The number of rotatable bonds is 7. The van der Waals surface area contributed by atoms with Crippen molar-refractivity contribution in [3.63, 3.8) is 0 Å². The number of nitrogens with zero attached hydrogens (tertiary/aromatic N) is 8. The fourth-order valence-electron chi connectivity index (χ4n) is 4.39. The standard InChI is InChI=1S/C24H26N8OS/c1-24(2,15-26-30-25)21-18(14-16-10-11-20(34-16)31-12-6-7-13-31)23-28-27-22(32(23)29-21)17-8-4-5-9-19(17)33-3/h4-5,8-11,14H,6-7,12-13,15H2,1-3H3/b18-14-. The third kappa shape index (κ3) is 3.95. The van der Waals surface area contributed by atoms with Crippen LogP contribution in [0.15, 0.2) is 41.5 Å². The second-order valence-corrected chi connectivity index (χ2v) is 10.1. The Labute approximate surface area is 201 Å². The minimum atomic E-state index is -0.494. The number of anilines is 1. The molecule has 1 saturated heterocycles. The molecule has 1 aliphatic heterocycles. The summed E-state index contributed by atoms with van der Waals surface area (Å²) in [5, 5.41) is 19.9. The Hall–Kier alpha value is -3.62. The lowest BCUT2D eigenvalue weighted by Crippen LogP contribution is -2.28. The fourth-order valence-corrected chi connectivity index (χ4v) is 5.39. The first-order valence-electron chi connectivity index (χ1n) is 11.3. The number of methoxy groups -OCH3 is 1. The molecule has 0 unspecified atom stereocenters. The highest BCUT2D eigenvalue weighted by Crippen LogP contribution is 2.31. The number of ether oxygens (including phenoxy) is 1. The highest BCUT2D eigenvalue weighted by atomic mass is 32.1. The number of azide groups is 1. The molecule has 4 aromatic rings. The van der Waals surface area contributed by atoms with E-state index in [0.717, 1.165) is 34.4 Å². The van der Waals surface area contributed by atoms with E-state index in [0.29, 0.717) is 17.2 Å². The van der Waals surface area contributed by atoms with Crippen molar-refractivity contribution in [2.45, 2.75) is 32.1 Å². The summed E-state index contributed by atoms with van der Waals surface area (Å²) in [6, 6.07) is 12.0. The van der Waals surface area contributed by atoms with Crippen LogP contribution in [0.5, 0.6) is 5.75 Å². The van der Waals surface area contributed by atoms with Crippen LogP contribution in [0.4, 0.5) is 5.00 Å². The van der Waals surface area contributed by atoms with E-state index in [9.17, 15) is 0 Å². The number of fused-ring (bicyclic) bond motifs is 1. The van der Waals surface area contributed by atoms with Gasteiger partial charge in [-0.15, -0.1) is 21.5 Å². The Kier molecular flexibility index (Phi) is 5.85. The number of aromatic nitrogens is 4. The van der Waals surface area contributed by atoms with Crippen molar-refractivity contribution < 1.29 is 4.74 Å². The lowest BCUT2D eigenvalue weighted by molar-refractivity contribution is 0.416. The third-order valence-electron chi connectivity index (χ3n) is 6.17. The molecule has 0 radical (unpaired) electrons. The highest BCUT2D eigenvalue weighted by molar-refractivity contribution is 7.16. The molecule has 0 amide bonds. The van der Waals surface area contributed by atoms with Gasteiger partial charge in [-0.05, 0) is 48.7 Å². The van der Waals surface area contributed by atoms with Crippen LogP contribution in [-0.4, -0.2) is 46.6 Å². The van der Waals surface area contributed by atoms with Gasteiger partial charge in [0.05, 0.1) is 23.4 Å². The number of benzene rings is 1. The van der Waals surface area contributed by atoms with E-state index in [1.807, 2.05) is 38.1 Å². The summed E-state index contributed by atoms with van der Waals surface area (Å²) in [6.45, 7) is 6.56. The average molecular weight is 475 g/mol. The maximum Gasteiger partial charge on any atom is 0.189 e. The van der Waals surface area contributed by atoms with Gasteiger partial charge in [0.15, 0.2) is 11.5 Å². The molecule has 0 saturated carbocycles. The van der Waals surface area contributed by atoms with E-state index >= 15 is 0 Å². The third-order valence-corrected chi connectivity index (χ3v) is 7.26. The first-order valence-corrected chi connectivity index (χ1v) is 12.1. The molecule has 34 heavy (non-hydrogen) atoms. The zero-order chi connectivity index (χ0) is 23.7. The summed E-state index contributed by atoms with van der Waals surface area (Å²) in [5.74, 6) is 1.31. The van der Waals surface area contributed by atoms with E-state index in [4.69, 9.17) is 15.4 Å². The Morgan fingerprint density at radius 1 is 1.18 bits per heavy atom. The molecule has 5 rings (SSSR count). The quantitative estimate of drug-likeness (QED) is 0.221. The number of para-hydroxylation sites is 1. The zero-order valence-electron chi connectivity index (χ0n) is 19.5. The van der Waals surface area contributed by atoms with Crippen molar-refractivity contribution in [2.75, 3.05) is 31.6 Å². The molecule has 174 valence electrons. The van der Waals surface area contributed by atoms with E-state index in [1.54, 1.807) is 23.0 Å². The summed E-state index contributed by atoms with van der Waals surface area (Å²) in [5.41, 5.74) is 10.7. The van der Waals surface area contributed by atoms with Crippen LogP contribution in [0, 0.1) is 0 Å². The molecular weight excluding hydrogens is 448 g/mol. The van der Waals surface area contributed by atoms with Gasteiger partial charge < -0.3 is 9.64 Å². The van der Waals surface area contributed by atoms with Gasteiger partial charge in [0.25, 0.3) is 0 Å². The molecule has 3 aromatic heterocycles. The molecule has 0 spiro atoms. The molecule has 1 aliphatic rings. The SMILES string of the molecule is COc1ccccc1-c1nnc2/c(=C\c3ccc(N4CCCC4)s3)c(C(C)(C)CN=[N+]=[N-])nn12. The largest absolute Gasteiger partial charge is 0.496 e. The van der Waals surface area contributed by atoms with Crippen LogP contribution in [0.1, 0.15) is 37.3 Å². The van der Waals surface area contributed by atoms with Crippen LogP contribution in [0.3, 0.4) is 0 Å². The van der Waals surface area contributed by atoms with Crippen LogP contribution < -0.4 is 14.9 Å². The second-order valence-electron chi connectivity index (χ2n) is 9.01. The predicted octanol–water partition coefficient (Wildman–Crippen LogP) is 4.60.